The van der Waals surface area contributed by atoms with Gasteiger partial charge in [-0.05, 0) is 29.3 Å². The van der Waals surface area contributed by atoms with Crippen LogP contribution in [0.1, 0.15) is 11.1 Å². The molecule has 3 N–H and O–H groups in total. The minimum absolute atomic E-state index is 0.182. The Morgan fingerprint density at radius 3 is 2.45 bits per heavy atom. The number of hydrogen-bond donors (Lipinski definition) is 2. The van der Waals surface area contributed by atoms with Gasteiger partial charge in [0.05, 0.1) is 11.0 Å². The summed E-state index contributed by atoms with van der Waals surface area (Å²) in [7, 11) is 0. The van der Waals surface area contributed by atoms with Crippen molar-refractivity contribution in [2.75, 3.05) is 0 Å². The topological polar surface area (TPSA) is 76.7 Å². The Hall–Kier alpha value is -3.70. The van der Waals surface area contributed by atoms with Gasteiger partial charge in [-0.25, -0.2) is 4.98 Å². The van der Waals surface area contributed by atoms with Gasteiger partial charge in [0.15, 0.2) is 0 Å². The summed E-state index contributed by atoms with van der Waals surface area (Å²) in [6.07, 6.45) is 2.02. The lowest BCUT2D eigenvalue weighted by atomic mass is 10.1. The number of aromatic nitrogens is 3. The Morgan fingerprint density at radius 2 is 1.62 bits per heavy atom. The van der Waals surface area contributed by atoms with E-state index < -0.39 is 0 Å². The second-order valence-corrected chi connectivity index (χ2v) is 7.14. The second-order valence-electron chi connectivity index (χ2n) is 7.14. The van der Waals surface area contributed by atoms with Crippen LogP contribution in [0.25, 0.3) is 33.2 Å². The summed E-state index contributed by atoms with van der Waals surface area (Å²) >= 11 is 0. The zero-order chi connectivity index (χ0) is 19.8. The molecule has 0 atom stereocenters. The van der Waals surface area contributed by atoms with Crippen LogP contribution in [0.5, 0.6) is 0 Å². The van der Waals surface area contributed by atoms with E-state index >= 15 is 0 Å². The molecule has 3 aromatic carbocycles. The molecule has 0 bridgehead atoms. The van der Waals surface area contributed by atoms with Crippen molar-refractivity contribution in [3.8, 4) is 11.3 Å². The number of fused-ring (bicyclic) bond motifs is 2. The number of benzene rings is 3. The number of H-pyrrole nitrogens is 1. The molecule has 0 unspecified atom stereocenters. The molecule has 0 aliphatic heterocycles. The number of para-hydroxylation sites is 3. The lowest BCUT2D eigenvalue weighted by Gasteiger charge is -2.06. The van der Waals surface area contributed by atoms with Gasteiger partial charge in [0, 0.05) is 35.8 Å². The van der Waals surface area contributed by atoms with Crippen LogP contribution < -0.4 is 11.3 Å². The van der Waals surface area contributed by atoms with E-state index in [1.807, 2.05) is 48.7 Å². The first-order chi connectivity index (χ1) is 14.2. The number of hydrogen-bond acceptors (Lipinski definition) is 3. The fourth-order valence-corrected chi connectivity index (χ4v) is 3.76. The third-order valence-corrected chi connectivity index (χ3v) is 5.25. The Labute approximate surface area is 167 Å². The van der Waals surface area contributed by atoms with Crippen molar-refractivity contribution in [2.45, 2.75) is 13.1 Å². The molecular weight excluding hydrogens is 360 g/mol. The third-order valence-electron chi connectivity index (χ3n) is 5.25. The third kappa shape index (κ3) is 3.11. The molecule has 0 radical (unpaired) electrons. The van der Waals surface area contributed by atoms with Gasteiger partial charge in [0.1, 0.15) is 5.69 Å². The summed E-state index contributed by atoms with van der Waals surface area (Å²) in [5.74, 6) is 0. The zero-order valence-corrected chi connectivity index (χ0v) is 15.8. The maximum absolute atomic E-state index is 12.8. The largest absolute Gasteiger partial charge is 0.342 e. The second kappa shape index (κ2) is 7.04. The minimum Gasteiger partial charge on any atom is -0.342 e. The zero-order valence-electron chi connectivity index (χ0n) is 15.8. The van der Waals surface area contributed by atoms with Gasteiger partial charge in [-0.1, -0.05) is 54.6 Å². The molecule has 0 aliphatic carbocycles. The average Bonchev–Trinajstić information content (AvgIpc) is 3.12. The van der Waals surface area contributed by atoms with Gasteiger partial charge >= 0.3 is 0 Å². The van der Waals surface area contributed by atoms with Gasteiger partial charge in [-0.15, -0.1) is 0 Å². The summed E-state index contributed by atoms with van der Waals surface area (Å²) in [4.78, 5) is 20.4. The Balaban J connectivity index is 1.65. The first kappa shape index (κ1) is 17.4. The highest BCUT2D eigenvalue weighted by atomic mass is 16.1. The summed E-state index contributed by atoms with van der Waals surface area (Å²) in [6.45, 7) is 1.24. The van der Waals surface area contributed by atoms with Crippen molar-refractivity contribution in [1.82, 2.24) is 14.5 Å². The molecule has 0 fully saturated rings. The van der Waals surface area contributed by atoms with Crippen molar-refractivity contribution in [2.24, 2.45) is 5.73 Å². The molecular formula is C24H20N4O. The monoisotopic (exact) mass is 380 g/mol. The number of nitrogens with zero attached hydrogens (tertiary/aromatic N) is 2. The van der Waals surface area contributed by atoms with E-state index in [0.717, 1.165) is 33.1 Å². The summed E-state index contributed by atoms with van der Waals surface area (Å²) in [5.41, 5.74) is 11.7. The summed E-state index contributed by atoms with van der Waals surface area (Å²) in [6, 6.07) is 24.0. The fourth-order valence-electron chi connectivity index (χ4n) is 3.76. The fraction of sp³-hybridized carbons (Fsp3) is 0.0833. The molecule has 0 aliphatic rings. The lowest BCUT2D eigenvalue weighted by Crippen LogP contribution is -2.11. The number of nitrogens with one attached hydrogen (secondary N) is 1. The van der Waals surface area contributed by atoms with Crippen molar-refractivity contribution < 1.29 is 0 Å². The molecule has 5 rings (SSSR count). The Morgan fingerprint density at radius 1 is 0.897 bits per heavy atom. The van der Waals surface area contributed by atoms with Gasteiger partial charge < -0.3 is 15.3 Å². The molecule has 5 aromatic rings. The number of nitrogens with two attached hydrogens (primary N) is 1. The van der Waals surface area contributed by atoms with E-state index in [-0.39, 0.29) is 5.56 Å². The summed E-state index contributed by atoms with van der Waals surface area (Å²) < 4.78 is 2.17. The molecule has 0 saturated heterocycles. The van der Waals surface area contributed by atoms with Crippen LogP contribution in [0.3, 0.4) is 0 Å². The Bertz CT molecular complexity index is 1380. The molecule has 5 heteroatoms. The first-order valence-electron chi connectivity index (χ1n) is 9.58. The van der Waals surface area contributed by atoms with Crippen LogP contribution >= 0.6 is 0 Å². The van der Waals surface area contributed by atoms with Gasteiger partial charge in [-0.2, -0.15) is 0 Å². The molecule has 2 aromatic heterocycles. The van der Waals surface area contributed by atoms with Crippen LogP contribution in [0.4, 0.5) is 0 Å². The molecule has 142 valence electrons. The van der Waals surface area contributed by atoms with Gasteiger partial charge in [0.25, 0.3) is 5.56 Å². The normalized spacial score (nSPS) is 11.3. The van der Waals surface area contributed by atoms with E-state index in [4.69, 9.17) is 5.73 Å². The smallest absolute Gasteiger partial charge is 0.275 e. The standard InChI is InChI=1S/C24H20N4O/c25-13-16-9-11-17(12-10-16)14-28-15-19(18-5-1-4-8-22(18)28)23-24(29)27-21-7-3-2-6-20(21)26-23/h1-12,15H,13-14,25H2,(H,27,29). The highest BCUT2D eigenvalue weighted by molar-refractivity contribution is 5.95. The maximum Gasteiger partial charge on any atom is 0.275 e. The van der Waals surface area contributed by atoms with E-state index in [1.54, 1.807) is 0 Å². The molecule has 0 saturated carbocycles. The van der Waals surface area contributed by atoms with Gasteiger partial charge in [-0.3, -0.25) is 4.79 Å². The van der Waals surface area contributed by atoms with Crippen molar-refractivity contribution >= 4 is 21.9 Å². The molecule has 29 heavy (non-hydrogen) atoms. The van der Waals surface area contributed by atoms with Crippen LogP contribution in [0.15, 0.2) is 83.8 Å². The van der Waals surface area contributed by atoms with Crippen LogP contribution in [-0.4, -0.2) is 14.5 Å². The SMILES string of the molecule is NCc1ccc(Cn2cc(-c3nc4ccccc4[nH]c3=O)c3ccccc32)cc1. The average molecular weight is 380 g/mol. The molecule has 5 nitrogen and oxygen atoms in total. The van der Waals surface area contributed by atoms with Crippen LogP contribution in [0, 0.1) is 0 Å². The highest BCUT2D eigenvalue weighted by Crippen LogP contribution is 2.29. The first-order valence-corrected chi connectivity index (χ1v) is 9.58. The van der Waals surface area contributed by atoms with Gasteiger partial charge in [0.2, 0.25) is 0 Å². The van der Waals surface area contributed by atoms with Crippen molar-refractivity contribution in [3.05, 3.63) is 100 Å². The Kier molecular flexibility index (Phi) is 4.22. The van der Waals surface area contributed by atoms with E-state index in [9.17, 15) is 4.79 Å². The predicted molar refractivity (Wildman–Crippen MR) is 117 cm³/mol. The lowest BCUT2D eigenvalue weighted by molar-refractivity contribution is 0.836. The summed E-state index contributed by atoms with van der Waals surface area (Å²) in [5, 5.41) is 1.01. The van der Waals surface area contributed by atoms with E-state index in [2.05, 4.69) is 44.9 Å². The predicted octanol–water partition coefficient (Wildman–Crippen LogP) is 4.05. The van der Waals surface area contributed by atoms with E-state index in [0.29, 0.717) is 18.8 Å². The molecule has 0 spiro atoms. The van der Waals surface area contributed by atoms with Crippen LogP contribution in [0.2, 0.25) is 0 Å². The quantitative estimate of drug-likeness (QED) is 0.494. The molecule has 0 amide bonds. The number of rotatable bonds is 4. The molecule has 2 heterocycles. The van der Waals surface area contributed by atoms with E-state index in [1.165, 1.54) is 5.56 Å². The highest BCUT2D eigenvalue weighted by Gasteiger charge is 2.15. The van der Waals surface area contributed by atoms with Crippen LogP contribution in [-0.2, 0) is 13.1 Å². The van der Waals surface area contributed by atoms with Crippen molar-refractivity contribution in [3.63, 3.8) is 0 Å². The minimum atomic E-state index is -0.182. The van der Waals surface area contributed by atoms with Crippen molar-refractivity contribution in [1.29, 1.82) is 0 Å². The maximum atomic E-state index is 12.8. The number of aromatic amines is 1.